The summed E-state index contributed by atoms with van der Waals surface area (Å²) in [5.41, 5.74) is 5.05. The van der Waals surface area contributed by atoms with E-state index in [0.717, 1.165) is 46.4 Å². The minimum absolute atomic E-state index is 0.0496. The molecular weight excluding hydrogens is 427 g/mol. The van der Waals surface area contributed by atoms with Crippen LogP contribution in [0.25, 0.3) is 11.1 Å². The highest BCUT2D eigenvalue weighted by atomic mass is 32.2. The second kappa shape index (κ2) is 7.24. The summed E-state index contributed by atoms with van der Waals surface area (Å²) < 4.78 is 39.7. The molecule has 1 spiro atoms. The van der Waals surface area contributed by atoms with E-state index in [1.807, 2.05) is 24.4 Å². The second-order valence-electron chi connectivity index (χ2n) is 8.61. The molecule has 1 aromatic heterocycles. The number of rotatable bonds is 4. The molecule has 3 aromatic rings. The van der Waals surface area contributed by atoms with Crippen molar-refractivity contribution in [2.24, 2.45) is 12.0 Å². The zero-order chi connectivity index (χ0) is 22.7. The van der Waals surface area contributed by atoms with Crippen molar-refractivity contribution in [2.45, 2.75) is 31.1 Å². The van der Waals surface area contributed by atoms with E-state index < -0.39 is 15.4 Å². The van der Waals surface area contributed by atoms with Crippen LogP contribution in [0.1, 0.15) is 42.0 Å². The maximum absolute atomic E-state index is 13.6. The first kappa shape index (κ1) is 20.8. The van der Waals surface area contributed by atoms with Crippen molar-refractivity contribution < 1.29 is 12.8 Å². The molecular formula is C25H23FN2O3S. The summed E-state index contributed by atoms with van der Waals surface area (Å²) in [7, 11) is -1.50. The van der Waals surface area contributed by atoms with E-state index in [4.69, 9.17) is 4.99 Å². The zero-order valence-corrected chi connectivity index (χ0v) is 18.7. The van der Waals surface area contributed by atoms with Gasteiger partial charge in [0.05, 0.1) is 17.0 Å². The van der Waals surface area contributed by atoms with Gasteiger partial charge in [0.2, 0.25) is 0 Å². The number of aliphatic imine (C=N–C) groups is 1. The van der Waals surface area contributed by atoms with E-state index in [1.54, 1.807) is 32.2 Å². The number of aryl methyl sites for hydroxylation is 1. The lowest BCUT2D eigenvalue weighted by Crippen LogP contribution is -2.19. The quantitative estimate of drug-likeness (QED) is 0.604. The van der Waals surface area contributed by atoms with E-state index >= 15 is 0 Å². The summed E-state index contributed by atoms with van der Waals surface area (Å²) in [6.07, 6.45) is 3.46. The molecule has 1 aliphatic carbocycles. The fourth-order valence-corrected chi connectivity index (χ4v) is 5.25. The molecule has 1 fully saturated rings. The maximum Gasteiger partial charge on any atom is 0.250 e. The standard InChI is InChI=1S/C25H23FN2O3S/c1-3-32(30,31)15-16-4-9-19-20(12-16)21-14-28(2)23(29)13-22(21)25(10-11-25)27-24(19)17-5-7-18(26)8-6-17/h4-9,12-14H,3,10-11,15H2,1-2H3. The summed E-state index contributed by atoms with van der Waals surface area (Å²) in [5, 5.41) is 0. The first-order valence-electron chi connectivity index (χ1n) is 10.6. The van der Waals surface area contributed by atoms with Gasteiger partial charge in [0.1, 0.15) is 5.82 Å². The van der Waals surface area contributed by atoms with Crippen molar-refractivity contribution in [1.82, 2.24) is 4.57 Å². The number of nitrogens with zero attached hydrogens (tertiary/aromatic N) is 2. The number of pyridine rings is 1. The molecule has 5 nitrogen and oxygen atoms in total. The molecule has 0 amide bonds. The Morgan fingerprint density at radius 2 is 1.75 bits per heavy atom. The first-order valence-corrected chi connectivity index (χ1v) is 12.4. The fourth-order valence-electron chi connectivity index (χ4n) is 4.36. The zero-order valence-electron chi connectivity index (χ0n) is 17.9. The number of fused-ring (bicyclic) bond motifs is 4. The largest absolute Gasteiger partial charge is 0.318 e. The van der Waals surface area contributed by atoms with Gasteiger partial charge in [0, 0.05) is 41.8 Å². The lowest BCUT2D eigenvalue weighted by atomic mass is 9.90. The Kier molecular flexibility index (Phi) is 4.71. The minimum Gasteiger partial charge on any atom is -0.318 e. The highest BCUT2D eigenvalue weighted by Crippen LogP contribution is 2.54. The van der Waals surface area contributed by atoms with Crippen LogP contribution in [0.5, 0.6) is 0 Å². The van der Waals surface area contributed by atoms with Gasteiger partial charge in [-0.1, -0.05) is 19.1 Å². The van der Waals surface area contributed by atoms with Gasteiger partial charge in [-0.25, -0.2) is 12.8 Å². The minimum atomic E-state index is -3.21. The van der Waals surface area contributed by atoms with E-state index in [0.29, 0.717) is 5.56 Å². The Morgan fingerprint density at radius 3 is 2.41 bits per heavy atom. The molecule has 2 aromatic carbocycles. The van der Waals surface area contributed by atoms with Crippen LogP contribution in [0.15, 0.2) is 64.5 Å². The maximum atomic E-state index is 13.6. The molecule has 32 heavy (non-hydrogen) atoms. The molecule has 1 saturated carbocycles. The predicted molar refractivity (Wildman–Crippen MR) is 123 cm³/mol. The predicted octanol–water partition coefficient (Wildman–Crippen LogP) is 3.97. The monoisotopic (exact) mass is 450 g/mol. The van der Waals surface area contributed by atoms with Gasteiger partial charge < -0.3 is 4.57 Å². The van der Waals surface area contributed by atoms with Crippen LogP contribution in [-0.2, 0) is 28.2 Å². The van der Waals surface area contributed by atoms with Gasteiger partial charge in [-0.2, -0.15) is 0 Å². The normalized spacial score (nSPS) is 16.2. The molecule has 5 rings (SSSR count). The van der Waals surface area contributed by atoms with E-state index in [2.05, 4.69) is 0 Å². The lowest BCUT2D eigenvalue weighted by molar-refractivity contribution is 0.596. The van der Waals surface area contributed by atoms with Crippen LogP contribution >= 0.6 is 0 Å². The van der Waals surface area contributed by atoms with Crippen LogP contribution < -0.4 is 5.56 Å². The smallest absolute Gasteiger partial charge is 0.250 e. The molecule has 2 heterocycles. The average molecular weight is 451 g/mol. The average Bonchev–Trinajstić information content (AvgIpc) is 3.56. The molecule has 0 bridgehead atoms. The van der Waals surface area contributed by atoms with Crippen molar-refractivity contribution in [1.29, 1.82) is 0 Å². The number of aromatic nitrogens is 1. The van der Waals surface area contributed by atoms with Crippen molar-refractivity contribution in [3.63, 3.8) is 0 Å². The summed E-state index contributed by atoms with van der Waals surface area (Å²) in [6.45, 7) is 1.64. The Labute approximate surface area is 186 Å². The van der Waals surface area contributed by atoms with Crippen LogP contribution in [0.4, 0.5) is 4.39 Å². The van der Waals surface area contributed by atoms with Gasteiger partial charge >= 0.3 is 0 Å². The fraction of sp³-hybridized carbons (Fsp3) is 0.280. The highest BCUT2D eigenvalue weighted by Gasteiger charge is 2.48. The molecule has 0 radical (unpaired) electrons. The molecule has 164 valence electrons. The second-order valence-corrected chi connectivity index (χ2v) is 11.0. The lowest BCUT2D eigenvalue weighted by Gasteiger charge is -2.16. The number of hydrogen-bond acceptors (Lipinski definition) is 4. The van der Waals surface area contributed by atoms with Gasteiger partial charge in [-0.3, -0.25) is 9.79 Å². The Hall–Kier alpha value is -3.06. The van der Waals surface area contributed by atoms with Crippen molar-refractivity contribution in [2.75, 3.05) is 5.75 Å². The van der Waals surface area contributed by atoms with Crippen LogP contribution in [0.2, 0.25) is 0 Å². The topological polar surface area (TPSA) is 68.5 Å². The molecule has 0 unspecified atom stereocenters. The summed E-state index contributed by atoms with van der Waals surface area (Å²) >= 11 is 0. The Bertz CT molecular complexity index is 1430. The highest BCUT2D eigenvalue weighted by molar-refractivity contribution is 7.90. The molecule has 7 heteroatoms. The number of halogens is 1. The van der Waals surface area contributed by atoms with Crippen LogP contribution in [0.3, 0.4) is 0 Å². The van der Waals surface area contributed by atoms with E-state index in [9.17, 15) is 17.6 Å². The SMILES string of the molecule is CCS(=O)(=O)Cc1ccc2c(c1)-c1cn(C)c(=O)cc1C1(CC1)N=C2c1ccc(F)cc1. The first-order chi connectivity index (χ1) is 15.2. The van der Waals surface area contributed by atoms with Crippen molar-refractivity contribution in [3.05, 3.63) is 93.2 Å². The number of sulfone groups is 1. The van der Waals surface area contributed by atoms with E-state index in [-0.39, 0.29) is 22.9 Å². The molecule has 0 N–H and O–H groups in total. The Balaban J connectivity index is 1.80. The molecule has 0 atom stereocenters. The molecule has 2 aliphatic rings. The summed E-state index contributed by atoms with van der Waals surface area (Å²) in [4.78, 5) is 17.6. The third-order valence-electron chi connectivity index (χ3n) is 6.35. The third kappa shape index (κ3) is 3.50. The van der Waals surface area contributed by atoms with E-state index in [1.165, 1.54) is 16.7 Å². The van der Waals surface area contributed by atoms with Gasteiger partial charge in [0.15, 0.2) is 9.84 Å². The van der Waals surface area contributed by atoms with Crippen LogP contribution in [0, 0.1) is 5.82 Å². The van der Waals surface area contributed by atoms with Gasteiger partial charge in [-0.05, 0) is 59.9 Å². The van der Waals surface area contributed by atoms with Crippen molar-refractivity contribution in [3.8, 4) is 11.1 Å². The van der Waals surface area contributed by atoms with Crippen LogP contribution in [-0.4, -0.2) is 24.4 Å². The number of hydrogen-bond donors (Lipinski definition) is 0. The summed E-state index contributed by atoms with van der Waals surface area (Å²) in [5.74, 6) is -0.303. The Morgan fingerprint density at radius 1 is 1.03 bits per heavy atom. The summed E-state index contributed by atoms with van der Waals surface area (Å²) in [6, 6.07) is 13.5. The molecule has 1 aliphatic heterocycles. The van der Waals surface area contributed by atoms with Gasteiger partial charge in [0.25, 0.3) is 5.56 Å². The van der Waals surface area contributed by atoms with Gasteiger partial charge in [-0.15, -0.1) is 0 Å². The number of benzene rings is 2. The molecule has 0 saturated heterocycles. The third-order valence-corrected chi connectivity index (χ3v) is 8.01. The van der Waals surface area contributed by atoms with Crippen molar-refractivity contribution >= 4 is 15.5 Å².